The molecule has 7 heteroatoms. The molecule has 0 radical (unpaired) electrons. The average molecular weight is 246 g/mol. The summed E-state index contributed by atoms with van der Waals surface area (Å²) in [4.78, 5) is 0.202. The molecule has 0 amide bonds. The van der Waals surface area contributed by atoms with Crippen LogP contribution in [0, 0.1) is 6.92 Å². The molecule has 1 rings (SSSR count). The third-order valence-corrected chi connectivity index (χ3v) is 3.78. The Morgan fingerprint density at radius 3 is 2.81 bits per heavy atom. The maximum atomic E-state index is 11.8. The minimum Gasteiger partial charge on any atom is -0.328 e. The van der Waals surface area contributed by atoms with Crippen molar-refractivity contribution < 1.29 is 8.42 Å². The largest absolute Gasteiger partial charge is 0.328 e. The highest BCUT2D eigenvalue weighted by Gasteiger charge is 2.17. The lowest BCUT2D eigenvalue weighted by Crippen LogP contribution is -2.26. The van der Waals surface area contributed by atoms with Gasteiger partial charge in [0.05, 0.1) is 11.9 Å². The van der Waals surface area contributed by atoms with Gasteiger partial charge in [0.2, 0.25) is 10.0 Å². The van der Waals surface area contributed by atoms with E-state index in [1.165, 1.54) is 6.20 Å². The fraction of sp³-hybridized carbons (Fsp3) is 0.667. The van der Waals surface area contributed by atoms with Gasteiger partial charge in [0, 0.05) is 12.6 Å². The summed E-state index contributed by atoms with van der Waals surface area (Å²) >= 11 is 0. The van der Waals surface area contributed by atoms with Crippen molar-refractivity contribution in [1.29, 1.82) is 0 Å². The summed E-state index contributed by atoms with van der Waals surface area (Å²) in [5.41, 5.74) is 6.11. The van der Waals surface area contributed by atoms with Gasteiger partial charge < -0.3 is 5.73 Å². The predicted octanol–water partition coefficient (Wildman–Crippen LogP) is 0.124. The van der Waals surface area contributed by atoms with Gasteiger partial charge in [0.25, 0.3) is 0 Å². The van der Waals surface area contributed by atoms with Crippen LogP contribution in [-0.4, -0.2) is 31.2 Å². The van der Waals surface area contributed by atoms with Gasteiger partial charge in [-0.25, -0.2) is 13.1 Å². The van der Waals surface area contributed by atoms with E-state index in [1.54, 1.807) is 6.92 Å². The smallest absolute Gasteiger partial charge is 0.243 e. The Morgan fingerprint density at radius 1 is 1.62 bits per heavy atom. The van der Waals surface area contributed by atoms with E-state index in [4.69, 9.17) is 5.73 Å². The Bertz CT molecular complexity index is 424. The molecule has 0 aromatic carbocycles. The number of hydrogen-bond acceptors (Lipinski definition) is 4. The normalized spacial score (nSPS) is 13.9. The van der Waals surface area contributed by atoms with Crippen molar-refractivity contribution in [2.24, 2.45) is 5.73 Å². The second kappa shape index (κ2) is 5.42. The minimum atomic E-state index is -3.43. The molecular formula is C9H18N4O2S. The van der Waals surface area contributed by atoms with Crippen molar-refractivity contribution in [1.82, 2.24) is 14.9 Å². The third-order valence-electron chi connectivity index (χ3n) is 2.20. The van der Waals surface area contributed by atoms with Crippen LogP contribution in [0.4, 0.5) is 0 Å². The number of nitrogens with two attached hydrogens (primary N) is 1. The van der Waals surface area contributed by atoms with E-state index in [1.807, 2.05) is 6.92 Å². The zero-order valence-corrected chi connectivity index (χ0v) is 10.3. The molecule has 92 valence electrons. The maximum absolute atomic E-state index is 11.8. The Balaban J connectivity index is 2.51. The summed E-state index contributed by atoms with van der Waals surface area (Å²) < 4.78 is 26.0. The fourth-order valence-electron chi connectivity index (χ4n) is 1.32. The first-order valence-corrected chi connectivity index (χ1v) is 6.67. The molecule has 1 unspecified atom stereocenters. The number of rotatable bonds is 6. The van der Waals surface area contributed by atoms with Gasteiger partial charge in [-0.05, 0) is 26.7 Å². The second-order valence-corrected chi connectivity index (χ2v) is 5.61. The number of sulfonamides is 1. The van der Waals surface area contributed by atoms with Gasteiger partial charge in [-0.2, -0.15) is 5.10 Å². The zero-order chi connectivity index (χ0) is 12.2. The molecule has 1 aromatic heterocycles. The average Bonchev–Trinajstić information content (AvgIpc) is 2.59. The van der Waals surface area contributed by atoms with Gasteiger partial charge in [-0.15, -0.1) is 0 Å². The summed E-state index contributed by atoms with van der Waals surface area (Å²) in [6, 6.07) is 0.0974. The molecule has 1 aromatic rings. The van der Waals surface area contributed by atoms with Crippen molar-refractivity contribution >= 4 is 10.0 Å². The van der Waals surface area contributed by atoms with Crippen LogP contribution in [-0.2, 0) is 10.0 Å². The summed E-state index contributed by atoms with van der Waals surface area (Å²) in [6.07, 6.45) is 2.84. The predicted molar refractivity (Wildman–Crippen MR) is 61.4 cm³/mol. The lowest BCUT2D eigenvalue weighted by molar-refractivity contribution is 0.567. The van der Waals surface area contributed by atoms with Crippen LogP contribution in [0.25, 0.3) is 0 Å². The van der Waals surface area contributed by atoms with Gasteiger partial charge in [-0.1, -0.05) is 0 Å². The standard InChI is InChI=1S/C9H18N4O2S/c1-7(10)4-3-5-12-16(14,15)9-6-11-13-8(9)2/h6-7,12H,3-5,10H2,1-2H3,(H,11,13). The lowest BCUT2D eigenvalue weighted by atomic mass is 10.2. The molecule has 0 saturated carbocycles. The minimum absolute atomic E-state index is 0.0974. The van der Waals surface area contributed by atoms with Crippen molar-refractivity contribution in [2.45, 2.75) is 37.6 Å². The van der Waals surface area contributed by atoms with Crippen LogP contribution >= 0.6 is 0 Å². The highest BCUT2D eigenvalue weighted by atomic mass is 32.2. The monoisotopic (exact) mass is 246 g/mol. The summed E-state index contributed by atoms with van der Waals surface area (Å²) in [5, 5.41) is 6.27. The summed E-state index contributed by atoms with van der Waals surface area (Å²) in [7, 11) is -3.43. The molecule has 4 N–H and O–H groups in total. The highest BCUT2D eigenvalue weighted by molar-refractivity contribution is 7.89. The van der Waals surface area contributed by atoms with Crippen LogP contribution in [0.5, 0.6) is 0 Å². The number of aromatic nitrogens is 2. The van der Waals surface area contributed by atoms with E-state index in [0.29, 0.717) is 12.2 Å². The molecule has 0 saturated heterocycles. The van der Waals surface area contributed by atoms with Crippen LogP contribution < -0.4 is 10.5 Å². The second-order valence-electron chi connectivity index (χ2n) is 3.88. The van der Waals surface area contributed by atoms with E-state index in [9.17, 15) is 8.42 Å². The molecule has 0 aliphatic heterocycles. The van der Waals surface area contributed by atoms with E-state index in [-0.39, 0.29) is 10.9 Å². The first kappa shape index (κ1) is 13.1. The maximum Gasteiger partial charge on any atom is 0.243 e. The Morgan fingerprint density at radius 2 is 2.31 bits per heavy atom. The number of aromatic amines is 1. The molecule has 0 aliphatic rings. The molecule has 0 fully saturated rings. The van der Waals surface area contributed by atoms with Crippen molar-refractivity contribution in [3.8, 4) is 0 Å². The highest BCUT2D eigenvalue weighted by Crippen LogP contribution is 2.10. The van der Waals surface area contributed by atoms with Crippen LogP contribution in [0.1, 0.15) is 25.5 Å². The zero-order valence-electron chi connectivity index (χ0n) is 9.53. The molecule has 6 nitrogen and oxygen atoms in total. The number of nitrogens with one attached hydrogen (secondary N) is 2. The van der Waals surface area contributed by atoms with Gasteiger partial charge >= 0.3 is 0 Å². The van der Waals surface area contributed by atoms with Crippen LogP contribution in [0.15, 0.2) is 11.1 Å². The van der Waals surface area contributed by atoms with Crippen molar-refractivity contribution in [2.75, 3.05) is 6.54 Å². The van der Waals surface area contributed by atoms with E-state index < -0.39 is 10.0 Å². The van der Waals surface area contributed by atoms with Crippen molar-refractivity contribution in [3.05, 3.63) is 11.9 Å². The molecule has 0 aliphatic carbocycles. The topological polar surface area (TPSA) is 101 Å². The first-order chi connectivity index (χ1) is 7.43. The van der Waals surface area contributed by atoms with Gasteiger partial charge in [-0.3, -0.25) is 5.10 Å². The molecule has 0 spiro atoms. The molecular weight excluding hydrogens is 228 g/mol. The molecule has 0 bridgehead atoms. The Labute approximate surface area is 95.7 Å². The van der Waals surface area contributed by atoms with Crippen molar-refractivity contribution in [3.63, 3.8) is 0 Å². The molecule has 1 heterocycles. The van der Waals surface area contributed by atoms with Gasteiger partial charge in [0.15, 0.2) is 0 Å². The third kappa shape index (κ3) is 3.58. The molecule has 16 heavy (non-hydrogen) atoms. The number of hydrogen-bond donors (Lipinski definition) is 3. The summed E-state index contributed by atoms with van der Waals surface area (Å²) in [6.45, 7) is 3.97. The van der Waals surface area contributed by atoms with E-state index >= 15 is 0 Å². The van der Waals surface area contributed by atoms with E-state index in [0.717, 1.165) is 12.8 Å². The number of aryl methyl sites for hydroxylation is 1. The van der Waals surface area contributed by atoms with Gasteiger partial charge in [0.1, 0.15) is 4.90 Å². The molecule has 1 atom stereocenters. The summed E-state index contributed by atoms with van der Waals surface area (Å²) in [5.74, 6) is 0. The first-order valence-electron chi connectivity index (χ1n) is 5.18. The lowest BCUT2D eigenvalue weighted by Gasteiger charge is -2.07. The number of H-pyrrole nitrogens is 1. The Kier molecular flexibility index (Phi) is 4.45. The number of nitrogens with zero attached hydrogens (tertiary/aromatic N) is 1. The van der Waals surface area contributed by atoms with Crippen LogP contribution in [0.2, 0.25) is 0 Å². The van der Waals surface area contributed by atoms with Crippen LogP contribution in [0.3, 0.4) is 0 Å². The fourth-order valence-corrected chi connectivity index (χ4v) is 2.53. The van der Waals surface area contributed by atoms with E-state index in [2.05, 4.69) is 14.9 Å². The Hall–Kier alpha value is -0.920. The SMILES string of the molecule is Cc1[nH]ncc1S(=O)(=O)NCCCC(C)N. The quantitative estimate of drug-likeness (QED) is 0.621.